The summed E-state index contributed by atoms with van der Waals surface area (Å²) < 4.78 is 2.09. The van der Waals surface area contributed by atoms with Gasteiger partial charge in [-0.25, -0.2) is 4.99 Å². The lowest BCUT2D eigenvalue weighted by atomic mass is 9.95. The summed E-state index contributed by atoms with van der Waals surface area (Å²) in [5.41, 5.74) is 1.20. The monoisotopic (exact) mass is 333 g/mol. The number of carbonyl (C=O) groups is 1. The van der Waals surface area contributed by atoms with E-state index in [1.807, 2.05) is 38.2 Å². The summed E-state index contributed by atoms with van der Waals surface area (Å²) in [4.78, 5) is 18.7. The van der Waals surface area contributed by atoms with Crippen LogP contribution in [-0.4, -0.2) is 47.5 Å². The second kappa shape index (κ2) is 9.35. The van der Waals surface area contributed by atoms with E-state index in [-0.39, 0.29) is 12.5 Å². The number of aliphatic imine (C=N–C) groups is 1. The zero-order valence-electron chi connectivity index (χ0n) is 15.2. The first-order chi connectivity index (χ1) is 11.6. The van der Waals surface area contributed by atoms with Gasteiger partial charge in [0.15, 0.2) is 5.96 Å². The molecule has 24 heavy (non-hydrogen) atoms. The average Bonchev–Trinajstić information content (AvgIpc) is 2.97. The molecule has 0 bridgehead atoms. The largest absolute Gasteiger partial charge is 0.357 e. The van der Waals surface area contributed by atoms with Crippen molar-refractivity contribution in [3.05, 3.63) is 24.0 Å². The van der Waals surface area contributed by atoms with Crippen LogP contribution in [0.25, 0.3) is 0 Å². The molecule has 0 radical (unpaired) electrons. The van der Waals surface area contributed by atoms with E-state index in [0.29, 0.717) is 6.04 Å². The lowest BCUT2D eigenvalue weighted by Gasteiger charge is -2.24. The number of nitrogens with one attached hydrogen (secondary N) is 2. The molecule has 1 saturated carbocycles. The highest BCUT2D eigenvalue weighted by atomic mass is 16.1. The minimum atomic E-state index is 0.0181. The normalized spacial score (nSPS) is 16.0. The van der Waals surface area contributed by atoms with E-state index in [2.05, 4.69) is 26.3 Å². The van der Waals surface area contributed by atoms with Gasteiger partial charge >= 0.3 is 0 Å². The molecule has 1 aromatic heterocycles. The minimum absolute atomic E-state index is 0.0181. The summed E-state index contributed by atoms with van der Waals surface area (Å²) in [7, 11) is 4.03. The Balaban J connectivity index is 1.88. The first-order valence-electron chi connectivity index (χ1n) is 8.99. The number of guanidine groups is 1. The lowest BCUT2D eigenvalue weighted by molar-refractivity contribution is -0.120. The van der Waals surface area contributed by atoms with Gasteiger partial charge in [-0.3, -0.25) is 4.79 Å². The molecule has 0 aliphatic heterocycles. The van der Waals surface area contributed by atoms with Crippen LogP contribution < -0.4 is 10.6 Å². The van der Waals surface area contributed by atoms with Crippen LogP contribution in [0.4, 0.5) is 0 Å². The molecule has 0 saturated heterocycles. The Hall–Kier alpha value is -1.98. The Morgan fingerprint density at radius 2 is 2.12 bits per heavy atom. The number of rotatable bonds is 6. The first-order valence-corrected chi connectivity index (χ1v) is 8.99. The van der Waals surface area contributed by atoms with Crippen LogP contribution in [0.2, 0.25) is 0 Å². The number of carbonyl (C=O) groups excluding carboxylic acids is 1. The summed E-state index contributed by atoms with van der Waals surface area (Å²) in [6.45, 7) is 3.74. The van der Waals surface area contributed by atoms with E-state index in [4.69, 9.17) is 0 Å². The Morgan fingerprint density at radius 1 is 1.38 bits per heavy atom. The number of aromatic nitrogens is 1. The second-order valence-electron chi connectivity index (χ2n) is 6.54. The van der Waals surface area contributed by atoms with Crippen LogP contribution in [-0.2, 0) is 18.4 Å². The molecule has 1 aromatic rings. The number of amides is 1. The van der Waals surface area contributed by atoms with Crippen molar-refractivity contribution < 1.29 is 4.79 Å². The topological polar surface area (TPSA) is 61.7 Å². The van der Waals surface area contributed by atoms with Gasteiger partial charge in [-0.15, -0.1) is 0 Å². The maximum absolute atomic E-state index is 12.1. The van der Waals surface area contributed by atoms with Crippen molar-refractivity contribution in [3.63, 3.8) is 0 Å². The summed E-state index contributed by atoms with van der Waals surface area (Å²) >= 11 is 0. The molecule has 0 spiro atoms. The molecular weight excluding hydrogens is 302 g/mol. The fraction of sp³-hybridized carbons (Fsp3) is 0.667. The SMILES string of the molecule is CCNC(=NCC(=O)NC1CCCCC1)N(C)Cc1cccn1C. The Kier molecular flexibility index (Phi) is 7.15. The molecule has 1 fully saturated rings. The molecule has 1 aliphatic carbocycles. The van der Waals surface area contributed by atoms with Crippen LogP contribution in [0.5, 0.6) is 0 Å². The Labute approximate surface area is 145 Å². The predicted molar refractivity (Wildman–Crippen MR) is 97.9 cm³/mol. The van der Waals surface area contributed by atoms with Gasteiger partial charge in [0.05, 0.1) is 6.54 Å². The third-order valence-corrected chi connectivity index (χ3v) is 4.49. The molecule has 2 N–H and O–H groups in total. The first kappa shape index (κ1) is 18.4. The van der Waals surface area contributed by atoms with E-state index in [9.17, 15) is 4.79 Å². The van der Waals surface area contributed by atoms with Gasteiger partial charge in [-0.1, -0.05) is 19.3 Å². The van der Waals surface area contributed by atoms with E-state index in [1.165, 1.54) is 25.0 Å². The molecule has 0 unspecified atom stereocenters. The molecule has 1 amide bonds. The second-order valence-corrected chi connectivity index (χ2v) is 6.54. The van der Waals surface area contributed by atoms with Crippen molar-refractivity contribution in [3.8, 4) is 0 Å². The molecule has 0 atom stereocenters. The predicted octanol–water partition coefficient (Wildman–Crippen LogP) is 1.87. The van der Waals surface area contributed by atoms with Gasteiger partial charge in [-0.2, -0.15) is 0 Å². The molecule has 2 rings (SSSR count). The fourth-order valence-electron chi connectivity index (χ4n) is 3.12. The number of nitrogens with zero attached hydrogens (tertiary/aromatic N) is 3. The minimum Gasteiger partial charge on any atom is -0.357 e. The Morgan fingerprint density at radius 3 is 2.75 bits per heavy atom. The van der Waals surface area contributed by atoms with Crippen LogP contribution in [0.1, 0.15) is 44.7 Å². The molecule has 134 valence electrons. The summed E-state index contributed by atoms with van der Waals surface area (Å²) in [6, 6.07) is 4.46. The van der Waals surface area contributed by atoms with Crippen LogP contribution in [0.3, 0.4) is 0 Å². The third-order valence-electron chi connectivity index (χ3n) is 4.49. The zero-order valence-corrected chi connectivity index (χ0v) is 15.2. The van der Waals surface area contributed by atoms with Gasteiger partial charge < -0.3 is 20.1 Å². The van der Waals surface area contributed by atoms with Gasteiger partial charge in [0.2, 0.25) is 5.91 Å². The van der Waals surface area contributed by atoms with Crippen LogP contribution in [0, 0.1) is 0 Å². The van der Waals surface area contributed by atoms with Crippen molar-refractivity contribution in [2.45, 2.75) is 51.6 Å². The molecule has 0 aromatic carbocycles. The van der Waals surface area contributed by atoms with Gasteiger partial charge in [0.25, 0.3) is 0 Å². The lowest BCUT2D eigenvalue weighted by Crippen LogP contribution is -2.41. The quantitative estimate of drug-likeness (QED) is 0.617. The van der Waals surface area contributed by atoms with Crippen molar-refractivity contribution in [1.82, 2.24) is 20.1 Å². The average molecular weight is 333 g/mol. The number of aryl methyl sites for hydroxylation is 1. The highest BCUT2D eigenvalue weighted by Crippen LogP contribution is 2.17. The third kappa shape index (κ3) is 5.58. The van der Waals surface area contributed by atoms with Crippen molar-refractivity contribution >= 4 is 11.9 Å². The number of hydrogen-bond donors (Lipinski definition) is 2. The smallest absolute Gasteiger partial charge is 0.242 e. The Bertz CT molecular complexity index is 545. The zero-order chi connectivity index (χ0) is 17.4. The highest BCUT2D eigenvalue weighted by Gasteiger charge is 2.16. The van der Waals surface area contributed by atoms with E-state index < -0.39 is 0 Å². The van der Waals surface area contributed by atoms with E-state index in [0.717, 1.165) is 31.9 Å². The van der Waals surface area contributed by atoms with Crippen molar-refractivity contribution in [2.75, 3.05) is 20.1 Å². The molecule has 1 aliphatic rings. The molecule has 1 heterocycles. The van der Waals surface area contributed by atoms with E-state index >= 15 is 0 Å². The van der Waals surface area contributed by atoms with Gasteiger partial charge in [0.1, 0.15) is 6.54 Å². The van der Waals surface area contributed by atoms with E-state index in [1.54, 1.807) is 0 Å². The summed E-state index contributed by atoms with van der Waals surface area (Å²) in [6.07, 6.45) is 7.96. The van der Waals surface area contributed by atoms with Gasteiger partial charge in [0, 0.05) is 38.6 Å². The standard InChI is InChI=1S/C18H31N5O/c1-4-19-18(23(3)14-16-11-8-12-22(16)2)20-13-17(24)21-15-9-6-5-7-10-15/h8,11-12,15H,4-7,9-10,13-14H2,1-3H3,(H,19,20)(H,21,24). The van der Waals surface area contributed by atoms with Crippen molar-refractivity contribution in [2.24, 2.45) is 12.0 Å². The highest BCUT2D eigenvalue weighted by molar-refractivity contribution is 5.84. The van der Waals surface area contributed by atoms with Crippen molar-refractivity contribution in [1.29, 1.82) is 0 Å². The maximum Gasteiger partial charge on any atom is 0.242 e. The molecule has 6 nitrogen and oxygen atoms in total. The fourth-order valence-corrected chi connectivity index (χ4v) is 3.12. The maximum atomic E-state index is 12.1. The van der Waals surface area contributed by atoms with Crippen LogP contribution in [0.15, 0.2) is 23.3 Å². The summed E-state index contributed by atoms with van der Waals surface area (Å²) in [5.74, 6) is 0.780. The van der Waals surface area contributed by atoms with Gasteiger partial charge in [-0.05, 0) is 31.9 Å². The molecular formula is C18H31N5O. The van der Waals surface area contributed by atoms with Crippen LogP contribution >= 0.6 is 0 Å². The molecule has 6 heteroatoms. The summed E-state index contributed by atoms with van der Waals surface area (Å²) in [5, 5.41) is 6.37. The number of hydrogen-bond acceptors (Lipinski definition) is 2.